The van der Waals surface area contributed by atoms with Crippen LogP contribution in [-0.4, -0.2) is 24.8 Å². The van der Waals surface area contributed by atoms with E-state index in [1.165, 1.54) is 11.1 Å². The maximum Gasteiger partial charge on any atom is 0.0473 e. The quantitative estimate of drug-likeness (QED) is 0.694. The molecule has 2 nitrogen and oxygen atoms in total. The Bertz CT molecular complexity index is 318. The Morgan fingerprint density at radius 1 is 1.11 bits per heavy atom. The highest BCUT2D eigenvalue weighted by Crippen LogP contribution is 2.08. The van der Waals surface area contributed by atoms with Gasteiger partial charge in [0, 0.05) is 13.2 Å². The summed E-state index contributed by atoms with van der Waals surface area (Å²) in [4.78, 5) is 0. The van der Waals surface area contributed by atoms with Crippen molar-refractivity contribution in [1.29, 1.82) is 0 Å². The lowest BCUT2D eigenvalue weighted by atomic mass is 9.97. The Labute approximate surface area is 111 Å². The highest BCUT2D eigenvalue weighted by atomic mass is 16.3. The van der Waals surface area contributed by atoms with Crippen molar-refractivity contribution >= 4 is 0 Å². The third-order valence-electron chi connectivity index (χ3n) is 3.61. The maximum atomic E-state index is 9.23. The fourth-order valence-electron chi connectivity index (χ4n) is 1.97. The molecule has 0 amide bonds. The number of aliphatic hydroxyl groups excluding tert-OH is 1. The molecule has 1 rings (SSSR count). The number of benzene rings is 1. The Kier molecular flexibility index (Phi) is 6.99. The van der Waals surface area contributed by atoms with Crippen molar-refractivity contribution in [2.24, 2.45) is 11.8 Å². The Morgan fingerprint density at radius 2 is 1.72 bits per heavy atom. The van der Waals surface area contributed by atoms with Crippen LogP contribution in [0.1, 0.15) is 31.9 Å². The largest absolute Gasteiger partial charge is 0.396 e. The van der Waals surface area contributed by atoms with Crippen molar-refractivity contribution in [2.45, 2.75) is 33.6 Å². The second kappa shape index (κ2) is 8.28. The van der Waals surface area contributed by atoms with Crippen LogP contribution < -0.4 is 5.32 Å². The lowest BCUT2D eigenvalue weighted by Gasteiger charge is -2.18. The van der Waals surface area contributed by atoms with Crippen molar-refractivity contribution in [3.63, 3.8) is 0 Å². The molecule has 2 N–H and O–H groups in total. The summed E-state index contributed by atoms with van der Waals surface area (Å²) in [7, 11) is 0. The van der Waals surface area contributed by atoms with Gasteiger partial charge in [0.1, 0.15) is 0 Å². The molecule has 1 aromatic carbocycles. The molecule has 1 atom stereocenters. The molecular formula is C16H27NO. The van der Waals surface area contributed by atoms with Crippen LogP contribution in [0.2, 0.25) is 0 Å². The molecule has 0 radical (unpaired) electrons. The first-order chi connectivity index (χ1) is 8.67. The summed E-state index contributed by atoms with van der Waals surface area (Å²) in [6.45, 7) is 8.65. The monoisotopic (exact) mass is 249 g/mol. The molecule has 0 saturated heterocycles. The molecule has 1 unspecified atom stereocenters. The highest BCUT2D eigenvalue weighted by molar-refractivity contribution is 5.22. The summed E-state index contributed by atoms with van der Waals surface area (Å²) in [5, 5.41) is 12.7. The second-order valence-electron chi connectivity index (χ2n) is 5.31. The zero-order valence-electron chi connectivity index (χ0n) is 11.9. The summed E-state index contributed by atoms with van der Waals surface area (Å²) >= 11 is 0. The topological polar surface area (TPSA) is 32.3 Å². The molecule has 102 valence electrons. The molecule has 0 aliphatic carbocycles. The Hall–Kier alpha value is -0.860. The first-order valence-electron chi connectivity index (χ1n) is 7.06. The molecule has 2 heteroatoms. The van der Waals surface area contributed by atoms with Crippen LogP contribution in [0.3, 0.4) is 0 Å². The molecule has 0 bridgehead atoms. The molecule has 0 aliphatic heterocycles. The summed E-state index contributed by atoms with van der Waals surface area (Å²) in [5.41, 5.74) is 2.77. The first-order valence-corrected chi connectivity index (χ1v) is 7.06. The van der Waals surface area contributed by atoms with Gasteiger partial charge in [-0.15, -0.1) is 0 Å². The smallest absolute Gasteiger partial charge is 0.0473 e. The van der Waals surface area contributed by atoms with E-state index in [2.05, 4.69) is 50.4 Å². The fraction of sp³-hybridized carbons (Fsp3) is 0.625. The SMILES string of the molecule is CCc1ccc(CCNCC(CO)C(C)C)cc1. The molecule has 0 saturated carbocycles. The first kappa shape index (κ1) is 15.2. The van der Waals surface area contributed by atoms with Crippen molar-refractivity contribution in [2.75, 3.05) is 19.7 Å². The van der Waals surface area contributed by atoms with Crippen LogP contribution >= 0.6 is 0 Å². The number of hydrogen-bond acceptors (Lipinski definition) is 2. The molecule has 1 aromatic rings. The number of hydrogen-bond donors (Lipinski definition) is 2. The van der Waals surface area contributed by atoms with Crippen LogP contribution in [0.4, 0.5) is 0 Å². The maximum absolute atomic E-state index is 9.23. The molecular weight excluding hydrogens is 222 g/mol. The van der Waals surface area contributed by atoms with E-state index >= 15 is 0 Å². The van der Waals surface area contributed by atoms with E-state index < -0.39 is 0 Å². The van der Waals surface area contributed by atoms with Crippen LogP contribution in [-0.2, 0) is 12.8 Å². The van der Waals surface area contributed by atoms with Crippen molar-refractivity contribution in [1.82, 2.24) is 5.32 Å². The number of nitrogens with one attached hydrogen (secondary N) is 1. The van der Waals surface area contributed by atoms with Gasteiger partial charge in [0.15, 0.2) is 0 Å². The summed E-state index contributed by atoms with van der Waals surface area (Å²) in [5.74, 6) is 0.902. The number of aliphatic hydroxyl groups is 1. The van der Waals surface area contributed by atoms with Gasteiger partial charge in [0.05, 0.1) is 0 Å². The van der Waals surface area contributed by atoms with Crippen molar-refractivity contribution in [3.8, 4) is 0 Å². The van der Waals surface area contributed by atoms with Crippen LogP contribution in [0, 0.1) is 11.8 Å². The van der Waals surface area contributed by atoms with E-state index in [1.54, 1.807) is 0 Å². The van der Waals surface area contributed by atoms with Gasteiger partial charge in [-0.2, -0.15) is 0 Å². The third-order valence-corrected chi connectivity index (χ3v) is 3.61. The summed E-state index contributed by atoms with van der Waals surface area (Å²) < 4.78 is 0. The van der Waals surface area contributed by atoms with Crippen molar-refractivity contribution in [3.05, 3.63) is 35.4 Å². The summed E-state index contributed by atoms with van der Waals surface area (Å²) in [6, 6.07) is 8.85. The van der Waals surface area contributed by atoms with Gasteiger partial charge in [-0.1, -0.05) is 45.0 Å². The van der Waals surface area contributed by atoms with E-state index in [-0.39, 0.29) is 6.61 Å². The predicted molar refractivity (Wildman–Crippen MR) is 77.8 cm³/mol. The van der Waals surface area contributed by atoms with E-state index in [0.29, 0.717) is 11.8 Å². The van der Waals surface area contributed by atoms with E-state index in [4.69, 9.17) is 0 Å². The van der Waals surface area contributed by atoms with Gasteiger partial charge in [-0.25, -0.2) is 0 Å². The second-order valence-corrected chi connectivity index (χ2v) is 5.31. The van der Waals surface area contributed by atoms with Gasteiger partial charge in [0.2, 0.25) is 0 Å². The zero-order valence-corrected chi connectivity index (χ0v) is 11.9. The predicted octanol–water partition coefficient (Wildman–Crippen LogP) is 2.65. The average Bonchev–Trinajstić information content (AvgIpc) is 2.39. The van der Waals surface area contributed by atoms with Crippen molar-refractivity contribution < 1.29 is 5.11 Å². The average molecular weight is 249 g/mol. The van der Waals surface area contributed by atoms with Gasteiger partial charge in [0.25, 0.3) is 0 Å². The Balaban J connectivity index is 2.24. The molecule has 18 heavy (non-hydrogen) atoms. The van der Waals surface area contributed by atoms with Gasteiger partial charge in [-0.05, 0) is 42.3 Å². The fourth-order valence-corrected chi connectivity index (χ4v) is 1.97. The van der Waals surface area contributed by atoms with Gasteiger partial charge in [-0.3, -0.25) is 0 Å². The minimum Gasteiger partial charge on any atom is -0.396 e. The zero-order chi connectivity index (χ0) is 13.4. The highest BCUT2D eigenvalue weighted by Gasteiger charge is 2.10. The van der Waals surface area contributed by atoms with Gasteiger partial charge < -0.3 is 10.4 Å². The van der Waals surface area contributed by atoms with Crippen LogP contribution in [0.25, 0.3) is 0 Å². The van der Waals surface area contributed by atoms with E-state index in [0.717, 1.165) is 25.9 Å². The van der Waals surface area contributed by atoms with E-state index in [1.807, 2.05) is 0 Å². The minimum atomic E-state index is 0.274. The lowest BCUT2D eigenvalue weighted by molar-refractivity contribution is 0.186. The normalized spacial score (nSPS) is 12.9. The molecule has 0 aliphatic rings. The van der Waals surface area contributed by atoms with E-state index in [9.17, 15) is 5.11 Å². The Morgan fingerprint density at radius 3 is 2.22 bits per heavy atom. The number of aryl methyl sites for hydroxylation is 1. The standard InChI is InChI=1S/C16H27NO/c1-4-14-5-7-15(8-6-14)9-10-17-11-16(12-18)13(2)3/h5-8,13,16-18H,4,9-12H2,1-3H3. The summed E-state index contributed by atoms with van der Waals surface area (Å²) in [6.07, 6.45) is 2.16. The molecule has 0 fully saturated rings. The molecule has 0 heterocycles. The third kappa shape index (κ3) is 5.19. The minimum absolute atomic E-state index is 0.274. The van der Waals surface area contributed by atoms with Crippen LogP contribution in [0.5, 0.6) is 0 Å². The van der Waals surface area contributed by atoms with Crippen LogP contribution in [0.15, 0.2) is 24.3 Å². The lowest BCUT2D eigenvalue weighted by Crippen LogP contribution is -2.30. The number of rotatable bonds is 8. The molecule has 0 aromatic heterocycles. The van der Waals surface area contributed by atoms with Gasteiger partial charge >= 0.3 is 0 Å². The molecule has 0 spiro atoms.